The Kier molecular flexibility index (Phi) is 3.87. The first-order valence-electron chi connectivity index (χ1n) is 6.01. The summed E-state index contributed by atoms with van der Waals surface area (Å²) < 4.78 is 0. The molecule has 18 heavy (non-hydrogen) atoms. The van der Waals surface area contributed by atoms with Gasteiger partial charge >= 0.3 is 0 Å². The molecule has 1 aromatic heterocycles. The third kappa shape index (κ3) is 3.02. The van der Waals surface area contributed by atoms with Crippen molar-refractivity contribution < 1.29 is 0 Å². The van der Waals surface area contributed by atoms with Gasteiger partial charge in [0.25, 0.3) is 0 Å². The lowest BCUT2D eigenvalue weighted by Gasteiger charge is -2.16. The Morgan fingerprint density at radius 1 is 1.11 bits per heavy atom. The van der Waals surface area contributed by atoms with Crippen LogP contribution in [0.25, 0.3) is 0 Å². The summed E-state index contributed by atoms with van der Waals surface area (Å²) in [5.74, 6) is 0. The maximum absolute atomic E-state index is 5.76. The van der Waals surface area contributed by atoms with E-state index < -0.39 is 0 Å². The monoisotopic (exact) mass is 260 g/mol. The van der Waals surface area contributed by atoms with Gasteiger partial charge in [-0.05, 0) is 49.6 Å². The predicted molar refractivity (Wildman–Crippen MR) is 77.2 cm³/mol. The summed E-state index contributed by atoms with van der Waals surface area (Å²) in [6.45, 7) is 6.40. The minimum absolute atomic E-state index is 0.243. The predicted octanol–water partition coefficient (Wildman–Crippen LogP) is 4.52. The molecule has 0 fully saturated rings. The first kappa shape index (κ1) is 12.9. The summed E-state index contributed by atoms with van der Waals surface area (Å²) in [6.07, 6.45) is 1.75. The van der Waals surface area contributed by atoms with E-state index in [0.29, 0.717) is 5.15 Å². The summed E-state index contributed by atoms with van der Waals surface area (Å²) >= 11 is 5.76. The van der Waals surface area contributed by atoms with Crippen molar-refractivity contribution in [3.8, 4) is 0 Å². The van der Waals surface area contributed by atoms with Gasteiger partial charge in [0, 0.05) is 6.04 Å². The van der Waals surface area contributed by atoms with E-state index in [9.17, 15) is 0 Å². The fraction of sp³-hybridized carbons (Fsp3) is 0.267. The number of hydrogen-bond acceptors (Lipinski definition) is 2. The molecule has 0 aliphatic heterocycles. The molecular formula is C15H17ClN2. The highest BCUT2D eigenvalue weighted by Gasteiger charge is 2.06. The molecule has 0 aliphatic rings. The quantitative estimate of drug-likeness (QED) is 0.821. The summed E-state index contributed by atoms with van der Waals surface area (Å²) in [7, 11) is 0. The van der Waals surface area contributed by atoms with Crippen LogP contribution in [0.5, 0.6) is 0 Å². The summed E-state index contributed by atoms with van der Waals surface area (Å²) in [4.78, 5) is 4.06. The highest BCUT2D eigenvalue weighted by molar-refractivity contribution is 6.29. The van der Waals surface area contributed by atoms with Gasteiger partial charge in [0.1, 0.15) is 5.15 Å². The van der Waals surface area contributed by atoms with Crippen LogP contribution in [0.4, 0.5) is 5.69 Å². The van der Waals surface area contributed by atoms with Crippen LogP contribution in [0.2, 0.25) is 5.15 Å². The van der Waals surface area contributed by atoms with Crippen LogP contribution >= 0.6 is 11.6 Å². The Balaban J connectivity index is 2.13. The van der Waals surface area contributed by atoms with Crippen molar-refractivity contribution in [2.75, 3.05) is 5.32 Å². The Labute approximate surface area is 113 Å². The zero-order chi connectivity index (χ0) is 13.1. The average molecular weight is 261 g/mol. The topological polar surface area (TPSA) is 24.9 Å². The van der Waals surface area contributed by atoms with Crippen LogP contribution < -0.4 is 5.32 Å². The molecule has 0 saturated carbocycles. The van der Waals surface area contributed by atoms with E-state index in [1.807, 2.05) is 6.07 Å². The van der Waals surface area contributed by atoms with Gasteiger partial charge in [-0.15, -0.1) is 0 Å². The molecule has 0 radical (unpaired) electrons. The molecule has 0 amide bonds. The Hall–Kier alpha value is -1.54. The maximum Gasteiger partial charge on any atom is 0.129 e. The number of rotatable bonds is 3. The summed E-state index contributed by atoms with van der Waals surface area (Å²) in [5, 5.41) is 3.92. The smallest absolute Gasteiger partial charge is 0.129 e. The SMILES string of the molecule is Cc1ccc(C(C)Nc2ccc(Cl)nc2)cc1C. The van der Waals surface area contributed by atoms with E-state index >= 15 is 0 Å². The second-order valence-corrected chi connectivity index (χ2v) is 4.97. The lowest BCUT2D eigenvalue weighted by Crippen LogP contribution is -2.07. The molecule has 2 rings (SSSR count). The van der Waals surface area contributed by atoms with Gasteiger partial charge in [-0.25, -0.2) is 4.98 Å². The van der Waals surface area contributed by atoms with Gasteiger partial charge < -0.3 is 5.32 Å². The minimum Gasteiger partial charge on any atom is -0.377 e. The molecule has 0 bridgehead atoms. The lowest BCUT2D eigenvalue weighted by molar-refractivity contribution is 0.880. The number of halogens is 1. The number of aryl methyl sites for hydroxylation is 2. The van der Waals surface area contributed by atoms with Gasteiger partial charge in [0.15, 0.2) is 0 Å². The van der Waals surface area contributed by atoms with Gasteiger partial charge in [-0.1, -0.05) is 29.8 Å². The van der Waals surface area contributed by atoms with Crippen LogP contribution in [0.15, 0.2) is 36.5 Å². The summed E-state index contributed by atoms with van der Waals surface area (Å²) in [5.41, 5.74) is 4.88. The zero-order valence-electron chi connectivity index (χ0n) is 10.9. The van der Waals surface area contributed by atoms with Crippen LogP contribution in [-0.4, -0.2) is 4.98 Å². The van der Waals surface area contributed by atoms with Gasteiger partial charge in [-0.3, -0.25) is 0 Å². The Morgan fingerprint density at radius 2 is 1.89 bits per heavy atom. The number of benzene rings is 1. The van der Waals surface area contributed by atoms with Gasteiger partial charge in [0.05, 0.1) is 11.9 Å². The molecule has 2 nitrogen and oxygen atoms in total. The number of hydrogen-bond donors (Lipinski definition) is 1. The number of nitrogens with one attached hydrogen (secondary N) is 1. The fourth-order valence-electron chi connectivity index (χ4n) is 1.83. The molecule has 0 spiro atoms. The van der Waals surface area contributed by atoms with Crippen molar-refractivity contribution in [1.29, 1.82) is 0 Å². The van der Waals surface area contributed by atoms with Crippen LogP contribution in [0, 0.1) is 13.8 Å². The second kappa shape index (κ2) is 5.40. The van der Waals surface area contributed by atoms with E-state index in [4.69, 9.17) is 11.6 Å². The van der Waals surface area contributed by atoms with E-state index in [1.54, 1.807) is 12.3 Å². The number of anilines is 1. The van der Waals surface area contributed by atoms with Crippen LogP contribution in [0.1, 0.15) is 29.7 Å². The molecule has 3 heteroatoms. The van der Waals surface area contributed by atoms with E-state index in [2.05, 4.69) is 49.3 Å². The fourth-order valence-corrected chi connectivity index (χ4v) is 1.94. The van der Waals surface area contributed by atoms with Crippen LogP contribution in [-0.2, 0) is 0 Å². The number of aromatic nitrogens is 1. The van der Waals surface area contributed by atoms with Crippen molar-refractivity contribution in [3.05, 3.63) is 58.4 Å². The highest BCUT2D eigenvalue weighted by Crippen LogP contribution is 2.21. The molecule has 1 N–H and O–H groups in total. The Morgan fingerprint density at radius 3 is 2.50 bits per heavy atom. The highest BCUT2D eigenvalue weighted by atomic mass is 35.5. The van der Waals surface area contributed by atoms with Crippen molar-refractivity contribution in [3.63, 3.8) is 0 Å². The number of pyridine rings is 1. The van der Waals surface area contributed by atoms with E-state index in [0.717, 1.165) is 5.69 Å². The third-order valence-electron chi connectivity index (χ3n) is 3.14. The first-order chi connectivity index (χ1) is 8.56. The molecule has 1 heterocycles. The molecule has 2 aromatic rings. The molecule has 1 unspecified atom stereocenters. The molecule has 0 aliphatic carbocycles. The second-order valence-electron chi connectivity index (χ2n) is 4.58. The van der Waals surface area contributed by atoms with Gasteiger partial charge in [0.2, 0.25) is 0 Å². The van der Waals surface area contributed by atoms with Crippen molar-refractivity contribution >= 4 is 17.3 Å². The summed E-state index contributed by atoms with van der Waals surface area (Å²) in [6, 6.07) is 10.5. The van der Waals surface area contributed by atoms with Gasteiger partial charge in [-0.2, -0.15) is 0 Å². The molecular weight excluding hydrogens is 244 g/mol. The Bertz CT molecular complexity index is 535. The van der Waals surface area contributed by atoms with Crippen molar-refractivity contribution in [2.45, 2.75) is 26.8 Å². The van der Waals surface area contributed by atoms with Crippen molar-refractivity contribution in [2.24, 2.45) is 0 Å². The standard InChI is InChI=1S/C15H17ClN2/c1-10-4-5-13(8-11(10)2)12(3)18-14-6-7-15(16)17-9-14/h4-9,12,18H,1-3H3. The van der Waals surface area contributed by atoms with E-state index in [-0.39, 0.29) is 6.04 Å². The first-order valence-corrected chi connectivity index (χ1v) is 6.39. The molecule has 1 aromatic carbocycles. The maximum atomic E-state index is 5.76. The third-order valence-corrected chi connectivity index (χ3v) is 3.37. The molecule has 1 atom stereocenters. The molecule has 94 valence electrons. The average Bonchev–Trinajstić information content (AvgIpc) is 2.35. The van der Waals surface area contributed by atoms with Crippen molar-refractivity contribution in [1.82, 2.24) is 4.98 Å². The minimum atomic E-state index is 0.243. The molecule has 0 saturated heterocycles. The largest absolute Gasteiger partial charge is 0.377 e. The van der Waals surface area contributed by atoms with E-state index in [1.165, 1.54) is 16.7 Å². The van der Waals surface area contributed by atoms with Crippen LogP contribution in [0.3, 0.4) is 0 Å². The number of nitrogens with zero attached hydrogens (tertiary/aromatic N) is 1. The lowest BCUT2D eigenvalue weighted by atomic mass is 10.0. The zero-order valence-corrected chi connectivity index (χ0v) is 11.6. The normalized spacial score (nSPS) is 12.2.